The Morgan fingerprint density at radius 2 is 1.44 bits per heavy atom. The molecular weight excluding hydrogens is 892 g/mol. The van der Waals surface area contributed by atoms with E-state index in [-0.39, 0.29) is 62.9 Å². The Balaban J connectivity index is 2.60. The number of aliphatic hydroxyl groups is 3. The third-order valence-electron chi connectivity index (χ3n) is 10.8. The Morgan fingerprint density at radius 1 is 0.824 bits per heavy atom. The molecule has 1 heterocycles. The molecule has 0 bridgehead atoms. The van der Waals surface area contributed by atoms with Crippen molar-refractivity contribution < 1.29 is 53.3 Å². The van der Waals surface area contributed by atoms with Crippen molar-refractivity contribution in [1.82, 2.24) is 42.5 Å². The van der Waals surface area contributed by atoms with Crippen molar-refractivity contribution in [3.8, 4) is 0 Å². The molecule has 0 aromatic heterocycles. The normalized spacial score (nSPS) is 24.6. The van der Waals surface area contributed by atoms with Gasteiger partial charge in [-0.3, -0.25) is 38.6 Å². The minimum atomic E-state index is -1.92. The van der Waals surface area contributed by atoms with E-state index in [1.54, 1.807) is 12.1 Å². The van der Waals surface area contributed by atoms with Gasteiger partial charge in [-0.25, -0.2) is 4.39 Å². The molecule has 1 fully saturated rings. The molecule has 1 aromatic carbocycles. The lowest BCUT2D eigenvalue weighted by molar-refractivity contribution is -0.137. The third-order valence-corrected chi connectivity index (χ3v) is 10.8. The van der Waals surface area contributed by atoms with Crippen LogP contribution < -0.4 is 71.2 Å². The fourth-order valence-corrected chi connectivity index (χ4v) is 7.04. The van der Waals surface area contributed by atoms with E-state index < -0.39 is 121 Å². The first kappa shape index (κ1) is 58.3. The van der Waals surface area contributed by atoms with Crippen molar-refractivity contribution in [3.63, 3.8) is 0 Å². The Hall–Kier alpha value is -5.83. The van der Waals surface area contributed by atoms with Crippen LogP contribution in [0, 0.1) is 11.7 Å². The average molecular weight is 965 g/mol. The van der Waals surface area contributed by atoms with E-state index >= 15 is 0 Å². The number of aliphatic imine (C=N–C) groups is 1. The molecule has 68 heavy (non-hydrogen) atoms. The predicted octanol–water partition coefficient (Wildman–Crippen LogP) is -5.48. The molecule has 0 saturated carbocycles. The fraction of sp³-hybridized carbons (Fsp3) is 0.628. The molecule has 9 atom stereocenters. The number of amides is 7. The molecule has 1 aliphatic rings. The SMILES string of the molecule is C/C=C1\NC(=O)C(NC(=O)CCCCc2ccc(F)cc2)C(O)CNC(=O)C(C(O)CN)NC(=O)C(C(O)CN)NC(=O)[C@H](CCCN=C(N)N)NC[C@H](CC(C)C)NC(=O)[C@H](CCN)NC1=O. The van der Waals surface area contributed by atoms with E-state index in [0.717, 1.165) is 5.56 Å². The van der Waals surface area contributed by atoms with Gasteiger partial charge in [0.1, 0.15) is 41.8 Å². The first-order valence-electron chi connectivity index (χ1n) is 22.7. The molecule has 21 N–H and O–H groups in total. The van der Waals surface area contributed by atoms with Gasteiger partial charge in [0, 0.05) is 45.2 Å². The van der Waals surface area contributed by atoms with Crippen LogP contribution >= 0.6 is 0 Å². The minimum Gasteiger partial charge on any atom is -0.389 e. The Kier molecular flexibility index (Phi) is 26.2. The van der Waals surface area contributed by atoms with Gasteiger partial charge in [0.05, 0.1) is 18.2 Å². The number of halogens is 1. The first-order chi connectivity index (χ1) is 32.2. The summed E-state index contributed by atoms with van der Waals surface area (Å²) in [6, 6.07) is -2.70. The highest BCUT2D eigenvalue weighted by Crippen LogP contribution is 2.11. The number of hydrogen-bond donors (Lipinski definition) is 16. The highest BCUT2D eigenvalue weighted by Gasteiger charge is 2.37. The highest BCUT2D eigenvalue weighted by atomic mass is 19.1. The first-order valence-corrected chi connectivity index (χ1v) is 22.7. The summed E-state index contributed by atoms with van der Waals surface area (Å²) in [6.45, 7) is 3.29. The number of nitrogens with two attached hydrogens (primary N) is 5. The Labute approximate surface area is 395 Å². The summed E-state index contributed by atoms with van der Waals surface area (Å²) in [5.41, 5.74) is 28.6. The molecule has 2 rings (SSSR count). The number of rotatable bonds is 18. The van der Waals surface area contributed by atoms with Gasteiger partial charge in [-0.15, -0.1) is 0 Å². The summed E-state index contributed by atoms with van der Waals surface area (Å²) in [6.07, 6.45) is -2.40. The molecular formula is C43H73FN14O10. The number of carbonyl (C=O) groups excluding carboxylic acids is 7. The maximum absolute atomic E-state index is 14.0. The lowest BCUT2D eigenvalue weighted by Crippen LogP contribution is -2.64. The van der Waals surface area contributed by atoms with Crippen LogP contribution in [-0.4, -0.2) is 156 Å². The predicted molar refractivity (Wildman–Crippen MR) is 249 cm³/mol. The zero-order valence-electron chi connectivity index (χ0n) is 39.0. The Morgan fingerprint density at radius 3 is 2.03 bits per heavy atom. The van der Waals surface area contributed by atoms with E-state index in [9.17, 15) is 53.3 Å². The highest BCUT2D eigenvalue weighted by molar-refractivity contribution is 6.01. The van der Waals surface area contributed by atoms with Crippen LogP contribution in [0.1, 0.15) is 71.3 Å². The number of carbonyl (C=O) groups is 7. The maximum atomic E-state index is 14.0. The summed E-state index contributed by atoms with van der Waals surface area (Å²) >= 11 is 0. The third kappa shape index (κ3) is 20.6. The van der Waals surface area contributed by atoms with Crippen molar-refractivity contribution in [2.75, 3.05) is 39.3 Å². The van der Waals surface area contributed by atoms with Gasteiger partial charge in [0.25, 0.3) is 5.91 Å². The molecule has 0 spiro atoms. The smallest absolute Gasteiger partial charge is 0.268 e. The molecule has 0 aliphatic carbocycles. The molecule has 25 heteroatoms. The summed E-state index contributed by atoms with van der Waals surface area (Å²) in [7, 11) is 0. The van der Waals surface area contributed by atoms with E-state index in [1.807, 2.05) is 13.8 Å². The molecule has 6 unspecified atom stereocenters. The fourth-order valence-electron chi connectivity index (χ4n) is 7.04. The number of allylic oxidation sites excluding steroid dienone is 1. The van der Waals surface area contributed by atoms with Crippen LogP contribution in [0.15, 0.2) is 41.0 Å². The number of aliphatic hydroxyl groups excluding tert-OH is 3. The van der Waals surface area contributed by atoms with Gasteiger partial charge in [-0.2, -0.15) is 0 Å². The number of nitrogens with zero attached hydrogens (tertiary/aromatic N) is 1. The van der Waals surface area contributed by atoms with E-state index in [0.29, 0.717) is 25.7 Å². The number of guanidine groups is 1. The van der Waals surface area contributed by atoms with Gasteiger partial charge in [0.15, 0.2) is 5.96 Å². The molecule has 7 amide bonds. The summed E-state index contributed by atoms with van der Waals surface area (Å²) in [5, 5.41) is 53.5. The topological polar surface area (TPSA) is 419 Å². The van der Waals surface area contributed by atoms with Crippen molar-refractivity contribution in [2.45, 2.75) is 127 Å². The van der Waals surface area contributed by atoms with Gasteiger partial charge >= 0.3 is 0 Å². The molecule has 1 aliphatic heterocycles. The van der Waals surface area contributed by atoms with Crippen LogP contribution in [0.2, 0.25) is 0 Å². The summed E-state index contributed by atoms with van der Waals surface area (Å²) in [4.78, 5) is 100. The summed E-state index contributed by atoms with van der Waals surface area (Å²) in [5.74, 6) is -7.10. The van der Waals surface area contributed by atoms with Crippen molar-refractivity contribution in [1.29, 1.82) is 0 Å². The molecule has 1 aromatic rings. The van der Waals surface area contributed by atoms with Crippen LogP contribution in [0.25, 0.3) is 0 Å². The standard InChI is InChI=1S/C43H73FN14O10/c1-4-27-37(63)55-29(15-16-45)39(65)53-26(18-23(2)3)21-51-28(9-7-17-50-43(48)49)38(64)57-35(31(60)20-47)42(68)58-34(30(59)19-46)40(66)52-22-32(61)36(41(67)54-27)56-33(62)10-6-5-8-24-11-13-25(44)14-12-24/h4,11-14,23,26,28-32,34-36,51,59-61H,5-10,15-22,45-47H2,1-3H3,(H,52,66)(H,53,65)(H,54,67)(H,55,63)(H,56,62)(H,57,64)(H,58,68)(H4,48,49,50)/b27-4-/t26-,28-,29-,30?,31?,32?,34?,35?,36?/m0/s1. The molecule has 382 valence electrons. The van der Waals surface area contributed by atoms with Gasteiger partial charge in [0.2, 0.25) is 35.4 Å². The van der Waals surface area contributed by atoms with Gasteiger partial charge in [-0.1, -0.05) is 32.1 Å². The zero-order chi connectivity index (χ0) is 50.9. The number of nitrogens with one attached hydrogen (secondary N) is 8. The Bertz CT molecular complexity index is 1870. The van der Waals surface area contributed by atoms with Gasteiger partial charge < -0.3 is 86.5 Å². The van der Waals surface area contributed by atoms with Crippen molar-refractivity contribution in [2.24, 2.45) is 39.6 Å². The quantitative estimate of drug-likeness (QED) is 0.0282. The number of unbranched alkanes of at least 4 members (excludes halogenated alkanes) is 1. The number of hydrogen-bond acceptors (Lipinski definition) is 15. The van der Waals surface area contributed by atoms with Crippen LogP contribution in [-0.2, 0) is 40.0 Å². The molecule has 0 radical (unpaired) electrons. The lowest BCUT2D eigenvalue weighted by Gasteiger charge is -2.30. The second-order valence-electron chi connectivity index (χ2n) is 16.8. The van der Waals surface area contributed by atoms with Crippen molar-refractivity contribution >= 4 is 47.3 Å². The molecule has 1 saturated heterocycles. The number of benzene rings is 1. The monoisotopic (exact) mass is 965 g/mol. The minimum absolute atomic E-state index is 0.00159. The van der Waals surface area contributed by atoms with Gasteiger partial charge in [-0.05, 0) is 82.0 Å². The number of β-amino-alcohol motifs (C(OH)–C–C–N with tert-alkyl or cyclic N) is 1. The second-order valence-corrected chi connectivity index (χ2v) is 16.8. The van der Waals surface area contributed by atoms with E-state index in [2.05, 4.69) is 47.5 Å². The zero-order valence-corrected chi connectivity index (χ0v) is 39.0. The second kappa shape index (κ2) is 30.5. The van der Waals surface area contributed by atoms with Crippen molar-refractivity contribution in [3.05, 3.63) is 47.4 Å². The summed E-state index contributed by atoms with van der Waals surface area (Å²) < 4.78 is 13.4. The lowest BCUT2D eigenvalue weighted by atomic mass is 10.0. The van der Waals surface area contributed by atoms with Crippen LogP contribution in [0.4, 0.5) is 4.39 Å². The van der Waals surface area contributed by atoms with E-state index in [4.69, 9.17) is 28.7 Å². The average Bonchev–Trinajstić information content (AvgIpc) is 3.29. The number of aryl methyl sites for hydroxylation is 1. The van der Waals surface area contributed by atoms with Crippen LogP contribution in [0.5, 0.6) is 0 Å². The van der Waals surface area contributed by atoms with E-state index in [1.165, 1.54) is 25.1 Å². The van der Waals surface area contributed by atoms with Crippen LogP contribution in [0.3, 0.4) is 0 Å². The molecule has 24 nitrogen and oxygen atoms in total. The largest absolute Gasteiger partial charge is 0.389 e. The maximum Gasteiger partial charge on any atom is 0.268 e.